The Labute approximate surface area is 153 Å². The molecule has 4 heterocycles. The molecule has 0 N–H and O–H groups in total. The number of anilines is 3. The van der Waals surface area contributed by atoms with E-state index in [-0.39, 0.29) is 0 Å². The molecule has 0 radical (unpaired) electrons. The number of hydrogen-bond acceptors (Lipinski definition) is 8. The van der Waals surface area contributed by atoms with Gasteiger partial charge in [0.2, 0.25) is 5.95 Å². The Bertz CT molecular complexity index is 755. The lowest BCUT2D eigenvalue weighted by Gasteiger charge is -2.36. The number of nitrogens with zero attached hydrogens (tertiary/aromatic N) is 7. The van der Waals surface area contributed by atoms with Gasteiger partial charge in [0.1, 0.15) is 11.6 Å². The first-order valence-corrected chi connectivity index (χ1v) is 9.16. The first-order valence-electron chi connectivity index (χ1n) is 9.16. The lowest BCUT2D eigenvalue weighted by atomic mass is 10.3. The third kappa shape index (κ3) is 3.70. The van der Waals surface area contributed by atoms with Crippen LogP contribution in [0.2, 0.25) is 0 Å². The standard InChI is InChI=1S/C18H25N7O/c1-14-11-16(22-18(21-14)25-7-9-26-10-8-25)23-3-5-24(6-4-23)17-13-19-12-15(2)20-17/h11-13H,3-10H2,1-2H3. The van der Waals surface area contributed by atoms with E-state index in [0.717, 1.165) is 81.5 Å². The van der Waals surface area contributed by atoms with Crippen LogP contribution < -0.4 is 14.7 Å². The highest BCUT2D eigenvalue weighted by Crippen LogP contribution is 2.21. The second-order valence-electron chi connectivity index (χ2n) is 6.76. The van der Waals surface area contributed by atoms with E-state index in [9.17, 15) is 0 Å². The number of piperazine rings is 1. The van der Waals surface area contributed by atoms with Crippen LogP contribution in [0.4, 0.5) is 17.6 Å². The Hall–Kier alpha value is -2.48. The number of hydrogen-bond donors (Lipinski definition) is 0. The number of aryl methyl sites for hydroxylation is 2. The van der Waals surface area contributed by atoms with Crippen molar-refractivity contribution in [3.8, 4) is 0 Å². The molecule has 2 aromatic rings. The van der Waals surface area contributed by atoms with Crippen molar-refractivity contribution in [3.63, 3.8) is 0 Å². The number of ether oxygens (including phenoxy) is 1. The largest absolute Gasteiger partial charge is 0.378 e. The molecule has 138 valence electrons. The van der Waals surface area contributed by atoms with Gasteiger partial charge < -0.3 is 19.4 Å². The number of aromatic nitrogens is 4. The summed E-state index contributed by atoms with van der Waals surface area (Å²) in [6.45, 7) is 10.8. The molecule has 0 atom stereocenters. The minimum Gasteiger partial charge on any atom is -0.378 e. The van der Waals surface area contributed by atoms with Crippen molar-refractivity contribution in [2.45, 2.75) is 13.8 Å². The summed E-state index contributed by atoms with van der Waals surface area (Å²) in [7, 11) is 0. The van der Waals surface area contributed by atoms with Crippen LogP contribution in [0.5, 0.6) is 0 Å². The first kappa shape index (κ1) is 17.0. The average Bonchev–Trinajstić information content (AvgIpc) is 2.68. The Morgan fingerprint density at radius 3 is 2.12 bits per heavy atom. The van der Waals surface area contributed by atoms with Crippen LogP contribution in [0.3, 0.4) is 0 Å². The summed E-state index contributed by atoms with van der Waals surface area (Å²) in [5.41, 5.74) is 1.95. The van der Waals surface area contributed by atoms with Gasteiger partial charge in [-0.2, -0.15) is 4.98 Å². The average molecular weight is 355 g/mol. The first-order chi connectivity index (χ1) is 12.7. The van der Waals surface area contributed by atoms with Gasteiger partial charge in [0, 0.05) is 57.2 Å². The monoisotopic (exact) mass is 355 g/mol. The van der Waals surface area contributed by atoms with Crippen molar-refractivity contribution >= 4 is 17.6 Å². The van der Waals surface area contributed by atoms with Gasteiger partial charge in [-0.3, -0.25) is 4.98 Å². The molecule has 0 amide bonds. The van der Waals surface area contributed by atoms with Crippen molar-refractivity contribution in [3.05, 3.63) is 29.8 Å². The fourth-order valence-corrected chi connectivity index (χ4v) is 3.37. The fourth-order valence-electron chi connectivity index (χ4n) is 3.37. The molecule has 2 aliphatic rings. The predicted octanol–water partition coefficient (Wildman–Crippen LogP) is 1.05. The Balaban J connectivity index is 1.46. The van der Waals surface area contributed by atoms with E-state index in [0.29, 0.717) is 0 Å². The molecule has 0 aromatic carbocycles. The topological polar surface area (TPSA) is 70.5 Å². The molecular weight excluding hydrogens is 330 g/mol. The Kier molecular flexibility index (Phi) is 4.83. The molecule has 0 aliphatic carbocycles. The zero-order valence-corrected chi connectivity index (χ0v) is 15.4. The van der Waals surface area contributed by atoms with Crippen molar-refractivity contribution in [2.75, 3.05) is 67.2 Å². The normalized spacial score (nSPS) is 18.3. The van der Waals surface area contributed by atoms with Gasteiger partial charge in [-0.05, 0) is 13.8 Å². The van der Waals surface area contributed by atoms with Crippen molar-refractivity contribution in [2.24, 2.45) is 0 Å². The maximum atomic E-state index is 5.44. The molecule has 4 rings (SSSR count). The number of morpholine rings is 1. The summed E-state index contributed by atoms with van der Waals surface area (Å²) in [4.78, 5) is 25.1. The summed E-state index contributed by atoms with van der Waals surface area (Å²) in [5.74, 6) is 2.78. The Morgan fingerprint density at radius 2 is 1.42 bits per heavy atom. The van der Waals surface area contributed by atoms with Gasteiger partial charge in [-0.25, -0.2) is 9.97 Å². The minimum absolute atomic E-state index is 0.739. The zero-order valence-electron chi connectivity index (χ0n) is 15.4. The van der Waals surface area contributed by atoms with E-state index >= 15 is 0 Å². The van der Waals surface area contributed by atoms with Crippen LogP contribution in [0.1, 0.15) is 11.4 Å². The second-order valence-corrected chi connectivity index (χ2v) is 6.76. The van der Waals surface area contributed by atoms with Gasteiger partial charge in [0.05, 0.1) is 25.1 Å². The lowest BCUT2D eigenvalue weighted by Crippen LogP contribution is -2.47. The highest BCUT2D eigenvalue weighted by atomic mass is 16.5. The van der Waals surface area contributed by atoms with Gasteiger partial charge in [0.15, 0.2) is 0 Å². The Morgan fingerprint density at radius 1 is 0.731 bits per heavy atom. The summed E-state index contributed by atoms with van der Waals surface area (Å²) >= 11 is 0. The highest BCUT2D eigenvalue weighted by Gasteiger charge is 2.22. The maximum absolute atomic E-state index is 5.44. The van der Waals surface area contributed by atoms with Gasteiger partial charge >= 0.3 is 0 Å². The maximum Gasteiger partial charge on any atom is 0.227 e. The van der Waals surface area contributed by atoms with E-state index in [1.165, 1.54) is 0 Å². The number of rotatable bonds is 3. The molecule has 8 heteroatoms. The molecule has 2 saturated heterocycles. The molecular formula is C18H25N7O. The highest BCUT2D eigenvalue weighted by molar-refractivity contribution is 5.48. The molecule has 8 nitrogen and oxygen atoms in total. The molecule has 0 unspecified atom stereocenters. The summed E-state index contributed by atoms with van der Waals surface area (Å²) in [5, 5.41) is 0. The van der Waals surface area contributed by atoms with Crippen LogP contribution in [0.25, 0.3) is 0 Å². The van der Waals surface area contributed by atoms with Crippen LogP contribution in [0.15, 0.2) is 18.5 Å². The zero-order chi connectivity index (χ0) is 17.9. The lowest BCUT2D eigenvalue weighted by molar-refractivity contribution is 0.122. The quantitative estimate of drug-likeness (QED) is 0.809. The van der Waals surface area contributed by atoms with Gasteiger partial charge in [-0.15, -0.1) is 0 Å². The summed E-state index contributed by atoms with van der Waals surface area (Å²) in [6.07, 6.45) is 3.63. The second kappa shape index (κ2) is 7.41. The SMILES string of the molecule is Cc1cncc(N2CCN(c3cc(C)nc(N4CCOCC4)n3)CC2)n1. The molecule has 0 saturated carbocycles. The van der Waals surface area contributed by atoms with Gasteiger partial charge in [-0.1, -0.05) is 0 Å². The van der Waals surface area contributed by atoms with Crippen molar-refractivity contribution in [1.82, 2.24) is 19.9 Å². The van der Waals surface area contributed by atoms with E-state index < -0.39 is 0 Å². The van der Waals surface area contributed by atoms with E-state index in [2.05, 4.69) is 35.7 Å². The third-order valence-corrected chi connectivity index (χ3v) is 4.79. The summed E-state index contributed by atoms with van der Waals surface area (Å²) < 4.78 is 5.44. The van der Waals surface area contributed by atoms with Crippen LogP contribution in [-0.2, 0) is 4.74 Å². The van der Waals surface area contributed by atoms with E-state index in [1.54, 1.807) is 6.20 Å². The minimum atomic E-state index is 0.739. The molecule has 0 bridgehead atoms. The predicted molar refractivity (Wildman–Crippen MR) is 101 cm³/mol. The van der Waals surface area contributed by atoms with E-state index in [1.807, 2.05) is 20.0 Å². The molecule has 26 heavy (non-hydrogen) atoms. The van der Waals surface area contributed by atoms with Crippen LogP contribution in [0, 0.1) is 13.8 Å². The van der Waals surface area contributed by atoms with Crippen LogP contribution >= 0.6 is 0 Å². The smallest absolute Gasteiger partial charge is 0.227 e. The molecule has 0 spiro atoms. The fraction of sp³-hybridized carbons (Fsp3) is 0.556. The van der Waals surface area contributed by atoms with Crippen molar-refractivity contribution < 1.29 is 4.74 Å². The molecule has 2 aliphatic heterocycles. The van der Waals surface area contributed by atoms with Crippen LogP contribution in [-0.4, -0.2) is 72.4 Å². The van der Waals surface area contributed by atoms with E-state index in [4.69, 9.17) is 9.72 Å². The van der Waals surface area contributed by atoms with Gasteiger partial charge in [0.25, 0.3) is 0 Å². The summed E-state index contributed by atoms with van der Waals surface area (Å²) in [6, 6.07) is 2.08. The third-order valence-electron chi connectivity index (χ3n) is 4.79. The molecule has 2 aromatic heterocycles. The van der Waals surface area contributed by atoms with Crippen molar-refractivity contribution in [1.29, 1.82) is 0 Å². The molecule has 2 fully saturated rings.